The van der Waals surface area contributed by atoms with Crippen LogP contribution in [0, 0.1) is 5.82 Å². The molecule has 1 N–H and O–H groups in total. The Morgan fingerprint density at radius 2 is 1.90 bits per heavy atom. The SMILES string of the molecule is CNC(C)c1c(F)cccc1N(C)c1cccc(OC)c1. The molecule has 0 spiro atoms. The second kappa shape index (κ2) is 6.59. The fraction of sp³-hybridized carbons (Fsp3) is 0.294. The first-order chi connectivity index (χ1) is 10.1. The first-order valence-electron chi connectivity index (χ1n) is 6.92. The van der Waals surface area contributed by atoms with Gasteiger partial charge in [0.15, 0.2) is 0 Å². The molecule has 2 rings (SSSR count). The van der Waals surface area contributed by atoms with E-state index in [0.717, 1.165) is 17.1 Å². The minimum Gasteiger partial charge on any atom is -0.497 e. The van der Waals surface area contributed by atoms with Gasteiger partial charge in [0.25, 0.3) is 0 Å². The summed E-state index contributed by atoms with van der Waals surface area (Å²) in [7, 11) is 5.39. The topological polar surface area (TPSA) is 24.5 Å². The summed E-state index contributed by atoms with van der Waals surface area (Å²) in [5, 5.41) is 3.10. The highest BCUT2D eigenvalue weighted by atomic mass is 19.1. The summed E-state index contributed by atoms with van der Waals surface area (Å²) in [5.41, 5.74) is 2.44. The van der Waals surface area contributed by atoms with Crippen LogP contribution in [0.25, 0.3) is 0 Å². The monoisotopic (exact) mass is 288 g/mol. The summed E-state index contributed by atoms with van der Waals surface area (Å²) >= 11 is 0. The highest BCUT2D eigenvalue weighted by molar-refractivity contribution is 5.67. The number of nitrogens with zero attached hydrogens (tertiary/aromatic N) is 1. The van der Waals surface area contributed by atoms with Crippen LogP contribution < -0.4 is 15.0 Å². The van der Waals surface area contributed by atoms with Gasteiger partial charge < -0.3 is 15.0 Å². The largest absolute Gasteiger partial charge is 0.497 e. The number of halogens is 1. The van der Waals surface area contributed by atoms with Crippen molar-refractivity contribution in [1.82, 2.24) is 5.32 Å². The molecule has 0 fully saturated rings. The third-order valence-corrected chi connectivity index (χ3v) is 3.70. The summed E-state index contributed by atoms with van der Waals surface area (Å²) in [6, 6.07) is 12.8. The van der Waals surface area contributed by atoms with Crippen LogP contribution in [0.5, 0.6) is 5.75 Å². The molecule has 2 aromatic rings. The Hall–Kier alpha value is -2.07. The highest BCUT2D eigenvalue weighted by Crippen LogP contribution is 2.33. The van der Waals surface area contributed by atoms with Crippen molar-refractivity contribution in [2.24, 2.45) is 0 Å². The van der Waals surface area contributed by atoms with Crippen molar-refractivity contribution in [3.63, 3.8) is 0 Å². The van der Waals surface area contributed by atoms with Crippen LogP contribution in [0.4, 0.5) is 15.8 Å². The normalized spacial score (nSPS) is 12.0. The van der Waals surface area contributed by atoms with Gasteiger partial charge in [0.1, 0.15) is 11.6 Å². The van der Waals surface area contributed by atoms with E-state index >= 15 is 0 Å². The first kappa shape index (κ1) is 15.3. The summed E-state index contributed by atoms with van der Waals surface area (Å²) in [5.74, 6) is 0.572. The molecular formula is C17H21FN2O. The van der Waals surface area contributed by atoms with Gasteiger partial charge in [-0.3, -0.25) is 0 Å². The van der Waals surface area contributed by atoms with E-state index in [2.05, 4.69) is 5.32 Å². The maximum Gasteiger partial charge on any atom is 0.130 e. The molecule has 1 unspecified atom stereocenters. The Morgan fingerprint density at radius 3 is 2.57 bits per heavy atom. The molecule has 21 heavy (non-hydrogen) atoms. The van der Waals surface area contributed by atoms with Crippen LogP contribution in [0.15, 0.2) is 42.5 Å². The van der Waals surface area contributed by atoms with Gasteiger partial charge in [-0.05, 0) is 38.2 Å². The molecule has 0 heterocycles. The third kappa shape index (κ3) is 3.16. The van der Waals surface area contributed by atoms with Crippen molar-refractivity contribution in [1.29, 1.82) is 0 Å². The van der Waals surface area contributed by atoms with Gasteiger partial charge in [-0.2, -0.15) is 0 Å². The van der Waals surface area contributed by atoms with Crippen molar-refractivity contribution in [2.45, 2.75) is 13.0 Å². The van der Waals surface area contributed by atoms with E-state index in [4.69, 9.17) is 4.74 Å². The zero-order valence-corrected chi connectivity index (χ0v) is 12.9. The van der Waals surface area contributed by atoms with Gasteiger partial charge in [-0.1, -0.05) is 12.1 Å². The van der Waals surface area contributed by atoms with Gasteiger partial charge in [0.05, 0.1) is 7.11 Å². The molecule has 1 atom stereocenters. The average Bonchev–Trinajstić information content (AvgIpc) is 2.53. The highest BCUT2D eigenvalue weighted by Gasteiger charge is 2.17. The second-order valence-corrected chi connectivity index (χ2v) is 4.94. The number of hydrogen-bond donors (Lipinski definition) is 1. The van der Waals surface area contributed by atoms with E-state index in [1.807, 2.05) is 56.3 Å². The molecular weight excluding hydrogens is 267 g/mol. The molecule has 2 aromatic carbocycles. The summed E-state index contributed by atoms with van der Waals surface area (Å²) in [6.07, 6.45) is 0. The maximum absolute atomic E-state index is 14.2. The maximum atomic E-state index is 14.2. The van der Waals surface area contributed by atoms with E-state index < -0.39 is 0 Å². The lowest BCUT2D eigenvalue weighted by molar-refractivity contribution is 0.415. The summed E-state index contributed by atoms with van der Waals surface area (Å²) in [4.78, 5) is 1.97. The molecule has 0 radical (unpaired) electrons. The fourth-order valence-corrected chi connectivity index (χ4v) is 2.35. The van der Waals surface area contributed by atoms with Crippen molar-refractivity contribution in [3.8, 4) is 5.75 Å². The number of ether oxygens (including phenoxy) is 1. The molecule has 4 heteroatoms. The molecule has 0 aliphatic rings. The van der Waals surface area contributed by atoms with Crippen LogP contribution in [0.1, 0.15) is 18.5 Å². The van der Waals surface area contributed by atoms with Crippen LogP contribution in [-0.4, -0.2) is 21.2 Å². The summed E-state index contributed by atoms with van der Waals surface area (Å²) < 4.78 is 19.5. The van der Waals surface area contributed by atoms with Gasteiger partial charge in [-0.15, -0.1) is 0 Å². The molecule has 3 nitrogen and oxygen atoms in total. The second-order valence-electron chi connectivity index (χ2n) is 4.94. The number of nitrogens with one attached hydrogen (secondary N) is 1. The van der Waals surface area contributed by atoms with Gasteiger partial charge in [0, 0.05) is 36.1 Å². The first-order valence-corrected chi connectivity index (χ1v) is 6.92. The lowest BCUT2D eigenvalue weighted by atomic mass is 10.0. The Bertz CT molecular complexity index is 615. The lowest BCUT2D eigenvalue weighted by Crippen LogP contribution is -2.19. The fourth-order valence-electron chi connectivity index (χ4n) is 2.35. The number of hydrogen-bond acceptors (Lipinski definition) is 3. The smallest absolute Gasteiger partial charge is 0.130 e. The molecule has 112 valence electrons. The predicted molar refractivity (Wildman–Crippen MR) is 84.9 cm³/mol. The van der Waals surface area contributed by atoms with E-state index in [0.29, 0.717) is 5.56 Å². The number of rotatable bonds is 5. The van der Waals surface area contributed by atoms with Crippen LogP contribution in [0.2, 0.25) is 0 Å². The van der Waals surface area contributed by atoms with Gasteiger partial charge in [-0.25, -0.2) is 4.39 Å². The van der Waals surface area contributed by atoms with Crippen molar-refractivity contribution < 1.29 is 9.13 Å². The van der Waals surface area contributed by atoms with Crippen molar-refractivity contribution in [3.05, 3.63) is 53.8 Å². The molecule has 0 aromatic heterocycles. The third-order valence-electron chi connectivity index (χ3n) is 3.70. The van der Waals surface area contributed by atoms with Crippen molar-refractivity contribution in [2.75, 3.05) is 26.1 Å². The predicted octanol–water partition coefficient (Wildman–Crippen LogP) is 3.88. The molecule has 0 bridgehead atoms. The molecule has 0 saturated heterocycles. The Kier molecular flexibility index (Phi) is 4.81. The molecule has 0 aliphatic carbocycles. The molecule has 0 aliphatic heterocycles. The number of methoxy groups -OCH3 is 1. The quantitative estimate of drug-likeness (QED) is 0.903. The minimum absolute atomic E-state index is 0.0748. The standard InChI is InChI=1S/C17H21FN2O/c1-12(19-2)17-15(18)9-6-10-16(17)20(3)13-7-5-8-14(11-13)21-4/h5-12,19H,1-4H3. The lowest BCUT2D eigenvalue weighted by Gasteiger charge is -2.25. The van der Waals surface area contributed by atoms with Crippen LogP contribution >= 0.6 is 0 Å². The summed E-state index contributed by atoms with van der Waals surface area (Å²) in [6.45, 7) is 1.95. The van der Waals surface area contributed by atoms with Crippen LogP contribution in [0.3, 0.4) is 0 Å². The average molecular weight is 288 g/mol. The van der Waals surface area contributed by atoms with E-state index in [1.165, 1.54) is 6.07 Å². The minimum atomic E-state index is -0.205. The molecule has 0 amide bonds. The van der Waals surface area contributed by atoms with Gasteiger partial charge >= 0.3 is 0 Å². The Labute approximate surface area is 125 Å². The van der Waals surface area contributed by atoms with E-state index in [9.17, 15) is 4.39 Å². The molecule has 0 saturated carbocycles. The Balaban J connectivity index is 2.47. The van der Waals surface area contributed by atoms with Crippen LogP contribution in [-0.2, 0) is 0 Å². The zero-order chi connectivity index (χ0) is 15.4. The van der Waals surface area contributed by atoms with Gasteiger partial charge in [0.2, 0.25) is 0 Å². The number of anilines is 2. The zero-order valence-electron chi connectivity index (χ0n) is 12.9. The number of benzene rings is 2. The van der Waals surface area contributed by atoms with Crippen molar-refractivity contribution >= 4 is 11.4 Å². The van der Waals surface area contributed by atoms with E-state index in [1.54, 1.807) is 13.2 Å². The Morgan fingerprint density at radius 1 is 1.19 bits per heavy atom. The van der Waals surface area contributed by atoms with E-state index in [-0.39, 0.29) is 11.9 Å².